The molecular weight excluding hydrogens is 718 g/mol. The van der Waals surface area contributed by atoms with Crippen LogP contribution in [0.15, 0.2) is 120 Å². The second kappa shape index (κ2) is 19.7. The van der Waals surface area contributed by atoms with E-state index in [4.69, 9.17) is 35.0 Å². The SMILES string of the molecule is CCCCCCOc1cc(-c2ccccn2)nc(-c2ccccn2)c1.[Pt+2].[S-]c1ccccn1.[S-]c1ccccn1. The van der Waals surface area contributed by atoms with Crippen molar-refractivity contribution in [3.8, 4) is 28.5 Å². The summed E-state index contributed by atoms with van der Waals surface area (Å²) >= 11 is 9.40. The van der Waals surface area contributed by atoms with Crippen molar-refractivity contribution in [2.24, 2.45) is 0 Å². The van der Waals surface area contributed by atoms with Gasteiger partial charge in [0.25, 0.3) is 0 Å². The molecule has 0 fully saturated rings. The Hall–Kier alpha value is -3.32. The van der Waals surface area contributed by atoms with Gasteiger partial charge in [0.15, 0.2) is 0 Å². The van der Waals surface area contributed by atoms with E-state index in [0.29, 0.717) is 16.7 Å². The summed E-state index contributed by atoms with van der Waals surface area (Å²) in [6.07, 6.45) is 11.6. The van der Waals surface area contributed by atoms with Crippen LogP contribution in [-0.2, 0) is 46.3 Å². The van der Waals surface area contributed by atoms with Gasteiger partial charge >= 0.3 is 21.1 Å². The van der Waals surface area contributed by atoms with E-state index >= 15 is 0 Å². The molecule has 0 N–H and O–H groups in total. The van der Waals surface area contributed by atoms with Gasteiger partial charge in [0.1, 0.15) is 5.75 Å². The third-order valence-corrected chi connectivity index (χ3v) is 5.68. The van der Waals surface area contributed by atoms with Gasteiger partial charge in [0.05, 0.1) is 29.4 Å². The first-order chi connectivity index (χ1) is 19.2. The summed E-state index contributed by atoms with van der Waals surface area (Å²) < 4.78 is 5.98. The zero-order chi connectivity index (χ0) is 27.5. The first-order valence-electron chi connectivity index (χ1n) is 12.8. The van der Waals surface area contributed by atoms with Crippen LogP contribution >= 0.6 is 0 Å². The van der Waals surface area contributed by atoms with Crippen LogP contribution in [0.5, 0.6) is 5.75 Å². The van der Waals surface area contributed by atoms with Gasteiger partial charge in [-0.2, -0.15) is 0 Å². The maximum atomic E-state index is 5.98. The molecule has 6 nitrogen and oxygen atoms in total. The number of nitrogens with zero attached hydrogens (tertiary/aromatic N) is 5. The minimum absolute atomic E-state index is 0. The molecule has 40 heavy (non-hydrogen) atoms. The predicted octanol–water partition coefficient (Wildman–Crippen LogP) is 7.14. The molecule has 0 aromatic carbocycles. The minimum atomic E-state index is 0. The molecule has 0 atom stereocenters. The summed E-state index contributed by atoms with van der Waals surface area (Å²) in [4.78, 5) is 21.1. The van der Waals surface area contributed by atoms with Crippen molar-refractivity contribution < 1.29 is 25.8 Å². The molecule has 5 aromatic heterocycles. The van der Waals surface area contributed by atoms with Crippen molar-refractivity contribution in [2.45, 2.75) is 42.7 Å². The Balaban J connectivity index is 0.000000304. The van der Waals surface area contributed by atoms with Crippen LogP contribution in [0, 0.1) is 0 Å². The zero-order valence-corrected chi connectivity index (χ0v) is 26.1. The predicted molar refractivity (Wildman–Crippen MR) is 160 cm³/mol. The van der Waals surface area contributed by atoms with Crippen molar-refractivity contribution in [1.29, 1.82) is 0 Å². The molecule has 0 aliphatic heterocycles. The van der Waals surface area contributed by atoms with Crippen LogP contribution in [0.2, 0.25) is 0 Å². The van der Waals surface area contributed by atoms with Crippen LogP contribution in [0.4, 0.5) is 0 Å². The van der Waals surface area contributed by atoms with E-state index in [-0.39, 0.29) is 21.1 Å². The Morgan fingerprint density at radius 3 is 1.40 bits per heavy atom. The molecule has 208 valence electrons. The molecule has 0 bridgehead atoms. The maximum absolute atomic E-state index is 5.98. The third kappa shape index (κ3) is 12.7. The smallest absolute Gasteiger partial charge is 0.760 e. The van der Waals surface area contributed by atoms with E-state index in [1.807, 2.05) is 72.8 Å². The molecule has 0 unspecified atom stereocenters. The molecule has 0 saturated heterocycles. The number of unbranched alkanes of at least 4 members (excludes halogenated alkanes) is 3. The molecule has 0 spiro atoms. The van der Waals surface area contributed by atoms with E-state index in [2.05, 4.69) is 26.9 Å². The number of ether oxygens (including phenoxy) is 1. The summed E-state index contributed by atoms with van der Waals surface area (Å²) in [6, 6.07) is 26.5. The second-order valence-corrected chi connectivity index (χ2v) is 9.08. The summed E-state index contributed by atoms with van der Waals surface area (Å²) in [6.45, 7) is 2.93. The molecule has 0 radical (unpaired) electrons. The fourth-order valence-corrected chi connectivity index (χ4v) is 3.57. The maximum Gasteiger partial charge on any atom is 2.00 e. The number of aromatic nitrogens is 5. The Morgan fingerprint density at radius 1 is 0.575 bits per heavy atom. The van der Waals surface area contributed by atoms with Crippen molar-refractivity contribution in [2.75, 3.05) is 6.61 Å². The van der Waals surface area contributed by atoms with Crippen LogP contribution < -0.4 is 4.74 Å². The Kier molecular flexibility index (Phi) is 16.2. The number of hydrogen-bond donors (Lipinski definition) is 0. The average molecular weight is 749 g/mol. The Morgan fingerprint density at radius 2 is 1.05 bits per heavy atom. The van der Waals surface area contributed by atoms with Crippen LogP contribution in [-0.4, -0.2) is 31.5 Å². The molecule has 5 aromatic rings. The van der Waals surface area contributed by atoms with Crippen molar-refractivity contribution in [3.05, 3.63) is 110 Å². The average Bonchev–Trinajstić information content (AvgIpc) is 2.99. The first kappa shape index (κ1) is 32.9. The van der Waals surface area contributed by atoms with Gasteiger partial charge in [-0.25, -0.2) is 4.98 Å². The van der Waals surface area contributed by atoms with Gasteiger partial charge in [0, 0.05) is 36.9 Å². The standard InChI is InChI=1S/C21H23N3O.2C5H5NS.Pt/c1-2-3-4-9-14-25-17-15-20(18-10-5-7-12-22-18)24-21(16-17)19-11-6-8-13-23-19;2*7-5-3-1-2-4-6-5;/h5-8,10-13,15-16H,2-4,9,14H2,1H3;2*1-4H,(H,6,7);/q;;;+2/p-2. The minimum Gasteiger partial charge on any atom is -0.760 e. The van der Waals surface area contributed by atoms with E-state index in [9.17, 15) is 0 Å². The zero-order valence-electron chi connectivity index (χ0n) is 22.2. The largest absolute Gasteiger partial charge is 2.00 e. The fourth-order valence-electron chi connectivity index (χ4n) is 3.29. The van der Waals surface area contributed by atoms with Gasteiger partial charge < -0.3 is 30.0 Å². The summed E-state index contributed by atoms with van der Waals surface area (Å²) in [7, 11) is 0. The Labute approximate surface area is 262 Å². The number of hydrogen-bond acceptors (Lipinski definition) is 8. The summed E-state index contributed by atoms with van der Waals surface area (Å²) in [5.41, 5.74) is 3.26. The monoisotopic (exact) mass is 748 g/mol. The van der Waals surface area contributed by atoms with Gasteiger partial charge in [-0.1, -0.05) is 72.6 Å². The summed E-state index contributed by atoms with van der Waals surface area (Å²) in [5.74, 6) is 0.813. The topological polar surface area (TPSA) is 73.7 Å². The second-order valence-electron chi connectivity index (χ2n) is 8.25. The normalized spacial score (nSPS) is 9.62. The van der Waals surface area contributed by atoms with Crippen molar-refractivity contribution >= 4 is 25.3 Å². The van der Waals surface area contributed by atoms with E-state index in [1.165, 1.54) is 19.3 Å². The van der Waals surface area contributed by atoms with Gasteiger partial charge in [0.2, 0.25) is 0 Å². The van der Waals surface area contributed by atoms with Gasteiger partial charge in [-0.15, -0.1) is 0 Å². The molecule has 9 heteroatoms. The first-order valence-corrected chi connectivity index (χ1v) is 13.6. The van der Waals surface area contributed by atoms with E-state index < -0.39 is 0 Å². The van der Waals surface area contributed by atoms with Crippen molar-refractivity contribution in [1.82, 2.24) is 24.9 Å². The van der Waals surface area contributed by atoms with E-state index in [1.54, 1.807) is 36.9 Å². The molecule has 0 aliphatic carbocycles. The molecule has 0 saturated carbocycles. The van der Waals surface area contributed by atoms with Crippen LogP contribution in [0.1, 0.15) is 32.6 Å². The molecule has 5 heterocycles. The summed E-state index contributed by atoms with van der Waals surface area (Å²) in [5, 5.41) is 1.31. The van der Waals surface area contributed by atoms with Gasteiger partial charge in [-0.3, -0.25) is 19.9 Å². The number of pyridine rings is 5. The van der Waals surface area contributed by atoms with E-state index in [0.717, 1.165) is 34.9 Å². The van der Waals surface area contributed by atoms with Crippen molar-refractivity contribution in [3.63, 3.8) is 0 Å². The molecular formula is C31H31N5OPtS2. The molecule has 5 rings (SSSR count). The number of rotatable bonds is 8. The van der Waals surface area contributed by atoms with Gasteiger partial charge in [-0.05, 0) is 42.8 Å². The molecule has 0 amide bonds. The van der Waals surface area contributed by atoms with Crippen LogP contribution in [0.3, 0.4) is 0 Å². The van der Waals surface area contributed by atoms with Crippen LogP contribution in [0.25, 0.3) is 22.8 Å². The quantitative estimate of drug-likeness (QED) is 0.123. The fraction of sp³-hybridized carbons (Fsp3) is 0.194. The third-order valence-electron chi connectivity index (χ3n) is 5.20. The molecule has 0 aliphatic rings. The Bertz CT molecular complexity index is 1240.